The first kappa shape index (κ1) is 18.1. The molecule has 0 atom stereocenters. The molecule has 0 spiro atoms. The van der Waals surface area contributed by atoms with Gasteiger partial charge in [-0.1, -0.05) is 26.2 Å². The summed E-state index contributed by atoms with van der Waals surface area (Å²) in [6.45, 7) is 2.48. The standard InChI is InChI=1S/C13H18BrN3O5/c1-3-4-5-6-7-15-11(19)16-8-9(14)10(18)17(12(16)20)13(21)22-2/h8H,3-7H2,1-2H3,(H,15,19). The predicted octanol–water partition coefficient (Wildman–Crippen LogP) is 1.52. The number of halogens is 1. The fourth-order valence-corrected chi connectivity index (χ4v) is 2.14. The van der Waals surface area contributed by atoms with Crippen molar-refractivity contribution in [2.45, 2.75) is 32.6 Å². The van der Waals surface area contributed by atoms with E-state index in [1.54, 1.807) is 0 Å². The second-order valence-corrected chi connectivity index (χ2v) is 5.39. The van der Waals surface area contributed by atoms with Crippen molar-refractivity contribution in [3.05, 3.63) is 31.5 Å². The first-order valence-electron chi connectivity index (χ1n) is 6.84. The van der Waals surface area contributed by atoms with Crippen LogP contribution < -0.4 is 16.6 Å². The van der Waals surface area contributed by atoms with Gasteiger partial charge in [-0.15, -0.1) is 0 Å². The third-order valence-electron chi connectivity index (χ3n) is 2.93. The highest BCUT2D eigenvalue weighted by Crippen LogP contribution is 2.00. The summed E-state index contributed by atoms with van der Waals surface area (Å²) < 4.78 is 5.18. The summed E-state index contributed by atoms with van der Waals surface area (Å²) >= 11 is 2.92. The molecule has 22 heavy (non-hydrogen) atoms. The van der Waals surface area contributed by atoms with Gasteiger partial charge < -0.3 is 10.1 Å². The van der Waals surface area contributed by atoms with Crippen molar-refractivity contribution in [1.82, 2.24) is 14.5 Å². The maximum Gasteiger partial charge on any atom is 0.425 e. The third-order valence-corrected chi connectivity index (χ3v) is 3.47. The van der Waals surface area contributed by atoms with Crippen LogP contribution in [-0.4, -0.2) is 34.9 Å². The van der Waals surface area contributed by atoms with E-state index in [9.17, 15) is 19.2 Å². The summed E-state index contributed by atoms with van der Waals surface area (Å²) in [6, 6.07) is -0.708. The highest BCUT2D eigenvalue weighted by atomic mass is 79.9. The molecule has 0 fully saturated rings. The lowest BCUT2D eigenvalue weighted by molar-refractivity contribution is 0.170. The van der Waals surface area contributed by atoms with Gasteiger partial charge in [0.1, 0.15) is 4.47 Å². The first-order valence-corrected chi connectivity index (χ1v) is 7.64. The lowest BCUT2D eigenvalue weighted by Gasteiger charge is -2.09. The van der Waals surface area contributed by atoms with Crippen molar-refractivity contribution in [2.24, 2.45) is 0 Å². The Balaban J connectivity index is 2.98. The SMILES string of the molecule is CCCCCCNC(=O)n1cc(Br)c(=O)n(C(=O)OC)c1=O. The molecule has 0 aliphatic rings. The zero-order valence-corrected chi connectivity index (χ0v) is 14.0. The maximum absolute atomic E-state index is 12.1. The zero-order valence-electron chi connectivity index (χ0n) is 12.4. The number of aromatic nitrogens is 2. The molecular formula is C13H18BrN3O5. The van der Waals surface area contributed by atoms with Crippen LogP contribution in [0.25, 0.3) is 0 Å². The topological polar surface area (TPSA) is 99.4 Å². The van der Waals surface area contributed by atoms with Crippen molar-refractivity contribution in [3.8, 4) is 0 Å². The smallest absolute Gasteiger partial charge is 0.425 e. The minimum atomic E-state index is -1.15. The average Bonchev–Trinajstić information content (AvgIpc) is 2.50. The molecule has 1 amide bonds. The molecular weight excluding hydrogens is 358 g/mol. The van der Waals surface area contributed by atoms with Gasteiger partial charge in [-0.05, 0) is 22.4 Å². The Morgan fingerprint density at radius 1 is 1.27 bits per heavy atom. The number of hydrogen-bond donors (Lipinski definition) is 1. The van der Waals surface area contributed by atoms with Crippen LogP contribution in [0.4, 0.5) is 9.59 Å². The molecule has 0 bridgehead atoms. The van der Waals surface area contributed by atoms with Crippen molar-refractivity contribution >= 4 is 28.1 Å². The van der Waals surface area contributed by atoms with Crippen LogP contribution in [0.1, 0.15) is 32.6 Å². The van der Waals surface area contributed by atoms with Crippen molar-refractivity contribution < 1.29 is 14.3 Å². The van der Waals surface area contributed by atoms with Crippen LogP contribution >= 0.6 is 15.9 Å². The van der Waals surface area contributed by atoms with Gasteiger partial charge in [-0.25, -0.2) is 19.0 Å². The van der Waals surface area contributed by atoms with Crippen LogP contribution in [0.3, 0.4) is 0 Å². The molecule has 1 N–H and O–H groups in total. The molecule has 8 nitrogen and oxygen atoms in total. The number of carbonyl (C=O) groups is 2. The summed E-state index contributed by atoms with van der Waals surface area (Å²) in [4.78, 5) is 47.3. The summed E-state index contributed by atoms with van der Waals surface area (Å²) in [5.74, 6) is 0. The molecule has 1 rings (SSSR count). The second-order valence-electron chi connectivity index (χ2n) is 4.53. The van der Waals surface area contributed by atoms with Gasteiger partial charge in [0.15, 0.2) is 0 Å². The first-order chi connectivity index (χ1) is 10.4. The summed E-state index contributed by atoms with van der Waals surface area (Å²) in [7, 11) is 1.03. The van der Waals surface area contributed by atoms with Crippen LogP contribution in [0, 0.1) is 0 Å². The third kappa shape index (κ3) is 4.30. The maximum atomic E-state index is 12.1. The van der Waals surface area contributed by atoms with Gasteiger partial charge in [0.25, 0.3) is 5.56 Å². The van der Waals surface area contributed by atoms with Gasteiger partial charge >= 0.3 is 17.8 Å². The van der Waals surface area contributed by atoms with E-state index in [0.29, 0.717) is 11.1 Å². The number of nitrogens with zero attached hydrogens (tertiary/aromatic N) is 2. The molecule has 0 aliphatic heterocycles. The number of nitrogens with one attached hydrogen (secondary N) is 1. The summed E-state index contributed by atoms with van der Waals surface area (Å²) in [5, 5.41) is 2.57. The fraction of sp³-hybridized carbons (Fsp3) is 0.538. The second kappa shape index (κ2) is 8.52. The normalized spacial score (nSPS) is 10.3. The number of carbonyl (C=O) groups excluding carboxylic acids is 2. The molecule has 9 heteroatoms. The number of amides is 1. The summed E-state index contributed by atoms with van der Waals surface area (Å²) in [6.07, 6.45) is 3.77. The average molecular weight is 376 g/mol. The highest BCUT2D eigenvalue weighted by molar-refractivity contribution is 9.10. The molecule has 0 aromatic carbocycles. The van der Waals surface area contributed by atoms with E-state index in [1.165, 1.54) is 0 Å². The van der Waals surface area contributed by atoms with Gasteiger partial charge in [-0.3, -0.25) is 4.79 Å². The Labute approximate surface area is 135 Å². The van der Waals surface area contributed by atoms with Crippen molar-refractivity contribution in [3.63, 3.8) is 0 Å². The number of methoxy groups -OCH3 is 1. The molecule has 0 saturated carbocycles. The molecule has 122 valence electrons. The lowest BCUT2D eigenvalue weighted by atomic mass is 10.2. The number of ether oxygens (including phenoxy) is 1. The van der Waals surface area contributed by atoms with E-state index in [2.05, 4.69) is 32.9 Å². The molecule has 1 aromatic heterocycles. The largest absolute Gasteiger partial charge is 0.452 e. The Morgan fingerprint density at radius 3 is 2.55 bits per heavy atom. The Kier molecular flexibility index (Phi) is 7.03. The van der Waals surface area contributed by atoms with E-state index in [0.717, 1.165) is 39.0 Å². The minimum Gasteiger partial charge on any atom is -0.452 e. The van der Waals surface area contributed by atoms with E-state index >= 15 is 0 Å². The molecule has 0 radical (unpaired) electrons. The quantitative estimate of drug-likeness (QED) is 0.786. The fourth-order valence-electron chi connectivity index (χ4n) is 1.76. The Hall–Kier alpha value is -1.90. The minimum absolute atomic E-state index is 0.0985. The Bertz CT molecular complexity index is 665. The molecule has 0 unspecified atom stereocenters. The van der Waals surface area contributed by atoms with Crippen LogP contribution in [0.2, 0.25) is 0 Å². The number of unbranched alkanes of at least 4 members (excludes halogenated alkanes) is 3. The van der Waals surface area contributed by atoms with Crippen molar-refractivity contribution in [2.75, 3.05) is 13.7 Å². The molecule has 1 aromatic rings. The zero-order chi connectivity index (χ0) is 16.7. The van der Waals surface area contributed by atoms with Crippen molar-refractivity contribution in [1.29, 1.82) is 0 Å². The van der Waals surface area contributed by atoms with Gasteiger partial charge in [0.2, 0.25) is 0 Å². The van der Waals surface area contributed by atoms with Gasteiger partial charge in [-0.2, -0.15) is 4.57 Å². The van der Waals surface area contributed by atoms with Gasteiger partial charge in [0, 0.05) is 12.7 Å². The number of rotatable bonds is 5. The molecule has 0 aliphatic carbocycles. The summed E-state index contributed by atoms with van der Waals surface area (Å²) in [5.41, 5.74) is -1.96. The molecule has 0 saturated heterocycles. The number of hydrogen-bond acceptors (Lipinski definition) is 5. The lowest BCUT2D eigenvalue weighted by Crippen LogP contribution is -2.48. The van der Waals surface area contributed by atoms with Crippen LogP contribution in [0.5, 0.6) is 0 Å². The van der Waals surface area contributed by atoms with Crippen LogP contribution in [0.15, 0.2) is 20.3 Å². The highest BCUT2D eigenvalue weighted by Gasteiger charge is 2.19. The van der Waals surface area contributed by atoms with E-state index < -0.39 is 23.4 Å². The monoisotopic (exact) mass is 375 g/mol. The van der Waals surface area contributed by atoms with Gasteiger partial charge in [0.05, 0.1) is 7.11 Å². The van der Waals surface area contributed by atoms with Crippen LogP contribution in [-0.2, 0) is 4.74 Å². The van der Waals surface area contributed by atoms with E-state index in [-0.39, 0.29) is 9.04 Å². The van der Waals surface area contributed by atoms with E-state index in [4.69, 9.17) is 0 Å². The molecule has 1 heterocycles. The van der Waals surface area contributed by atoms with E-state index in [1.807, 2.05) is 0 Å². The predicted molar refractivity (Wildman–Crippen MR) is 83.4 cm³/mol. The Morgan fingerprint density at radius 2 is 1.95 bits per heavy atom.